The monoisotopic (exact) mass is 283 g/mol. The van der Waals surface area contributed by atoms with E-state index in [1.807, 2.05) is 0 Å². The molecule has 3 N–H and O–H groups in total. The van der Waals surface area contributed by atoms with Gasteiger partial charge in [-0.1, -0.05) is 22.0 Å². The van der Waals surface area contributed by atoms with Crippen LogP contribution in [0.3, 0.4) is 0 Å². The van der Waals surface area contributed by atoms with Crippen LogP contribution in [0.4, 0.5) is 13.2 Å². The van der Waals surface area contributed by atoms with E-state index in [4.69, 9.17) is 5.73 Å². The van der Waals surface area contributed by atoms with Crippen LogP contribution >= 0.6 is 15.9 Å². The SMILES string of the molecule is NCC(O)c1ccc(C(F)(F)F)cc1Br. The number of hydrogen-bond acceptors (Lipinski definition) is 2. The number of nitrogens with two attached hydrogens (primary N) is 1. The Hall–Kier alpha value is -0.590. The van der Waals surface area contributed by atoms with E-state index in [1.54, 1.807) is 0 Å². The third-order valence-electron chi connectivity index (χ3n) is 1.91. The third-order valence-corrected chi connectivity index (χ3v) is 2.60. The normalized spacial score (nSPS) is 14.0. The van der Waals surface area contributed by atoms with Gasteiger partial charge in [0.05, 0.1) is 11.7 Å². The van der Waals surface area contributed by atoms with Crippen LogP contribution < -0.4 is 5.73 Å². The summed E-state index contributed by atoms with van der Waals surface area (Å²) < 4.78 is 37.0. The van der Waals surface area contributed by atoms with E-state index >= 15 is 0 Å². The molecule has 0 aliphatic rings. The lowest BCUT2D eigenvalue weighted by Crippen LogP contribution is -2.13. The van der Waals surface area contributed by atoms with Gasteiger partial charge < -0.3 is 10.8 Å². The first kappa shape index (κ1) is 12.5. The van der Waals surface area contributed by atoms with E-state index in [1.165, 1.54) is 6.07 Å². The average molecular weight is 284 g/mol. The van der Waals surface area contributed by atoms with Crippen LogP contribution in [0.5, 0.6) is 0 Å². The molecule has 0 heterocycles. The Morgan fingerprint density at radius 3 is 2.40 bits per heavy atom. The molecule has 0 aromatic heterocycles. The number of aliphatic hydroxyl groups excluding tert-OH is 1. The predicted octanol–water partition coefficient (Wildman–Crippen LogP) is 2.46. The lowest BCUT2D eigenvalue weighted by molar-refractivity contribution is -0.137. The lowest BCUT2D eigenvalue weighted by atomic mass is 10.1. The molecular formula is C9H9BrF3NO. The first-order chi connectivity index (χ1) is 6.86. The van der Waals surface area contributed by atoms with E-state index in [0.29, 0.717) is 5.56 Å². The summed E-state index contributed by atoms with van der Waals surface area (Å²) in [7, 11) is 0. The maximum absolute atomic E-state index is 12.3. The summed E-state index contributed by atoms with van der Waals surface area (Å²) in [6.45, 7) is -0.0377. The molecular weight excluding hydrogens is 275 g/mol. The van der Waals surface area contributed by atoms with Gasteiger partial charge in [-0.25, -0.2) is 0 Å². The van der Waals surface area contributed by atoms with Crippen LogP contribution in [0.25, 0.3) is 0 Å². The molecule has 0 saturated heterocycles. The first-order valence-corrected chi connectivity index (χ1v) is 4.90. The van der Waals surface area contributed by atoms with E-state index < -0.39 is 17.8 Å². The van der Waals surface area contributed by atoms with Gasteiger partial charge in [-0.2, -0.15) is 13.2 Å². The van der Waals surface area contributed by atoms with Crippen molar-refractivity contribution >= 4 is 15.9 Å². The number of benzene rings is 1. The van der Waals surface area contributed by atoms with Crippen molar-refractivity contribution in [2.24, 2.45) is 5.73 Å². The average Bonchev–Trinajstić information content (AvgIpc) is 2.15. The molecule has 0 fully saturated rings. The predicted molar refractivity (Wildman–Crippen MR) is 53.2 cm³/mol. The van der Waals surface area contributed by atoms with Crippen molar-refractivity contribution in [3.05, 3.63) is 33.8 Å². The van der Waals surface area contributed by atoms with Crippen molar-refractivity contribution in [2.45, 2.75) is 12.3 Å². The fraction of sp³-hybridized carbons (Fsp3) is 0.333. The van der Waals surface area contributed by atoms with Gasteiger partial charge in [0, 0.05) is 11.0 Å². The fourth-order valence-electron chi connectivity index (χ4n) is 1.10. The van der Waals surface area contributed by atoms with Crippen LogP contribution in [0.15, 0.2) is 22.7 Å². The quantitative estimate of drug-likeness (QED) is 0.876. The zero-order chi connectivity index (χ0) is 11.6. The minimum atomic E-state index is -4.38. The summed E-state index contributed by atoms with van der Waals surface area (Å²) in [6.07, 6.45) is -5.34. The van der Waals surface area contributed by atoms with Crippen molar-refractivity contribution in [3.63, 3.8) is 0 Å². The van der Waals surface area contributed by atoms with Crippen LogP contribution in [-0.2, 0) is 6.18 Å². The molecule has 15 heavy (non-hydrogen) atoms. The number of hydrogen-bond donors (Lipinski definition) is 2. The molecule has 0 amide bonds. The second-order valence-corrected chi connectivity index (χ2v) is 3.84. The molecule has 1 aromatic carbocycles. The third kappa shape index (κ3) is 2.93. The van der Waals surface area contributed by atoms with Crippen LogP contribution in [0, 0.1) is 0 Å². The van der Waals surface area contributed by atoms with Gasteiger partial charge >= 0.3 is 6.18 Å². The maximum atomic E-state index is 12.3. The minimum Gasteiger partial charge on any atom is -0.387 e. The standard InChI is InChI=1S/C9H9BrF3NO/c10-7-3-5(9(11,12)13)1-2-6(7)8(15)4-14/h1-3,8,15H,4,14H2. The zero-order valence-corrected chi connectivity index (χ0v) is 9.14. The van der Waals surface area contributed by atoms with Crippen molar-refractivity contribution in [1.29, 1.82) is 0 Å². The van der Waals surface area contributed by atoms with E-state index in [9.17, 15) is 18.3 Å². The second-order valence-electron chi connectivity index (χ2n) is 2.99. The van der Waals surface area contributed by atoms with Crippen LogP contribution in [0.2, 0.25) is 0 Å². The molecule has 1 unspecified atom stereocenters. The topological polar surface area (TPSA) is 46.2 Å². The van der Waals surface area contributed by atoms with E-state index in [-0.39, 0.29) is 11.0 Å². The van der Waals surface area contributed by atoms with Gasteiger partial charge in [0.1, 0.15) is 0 Å². The molecule has 0 saturated carbocycles. The van der Waals surface area contributed by atoms with Crippen LogP contribution in [0.1, 0.15) is 17.2 Å². The Morgan fingerprint density at radius 1 is 1.40 bits per heavy atom. The Labute approximate surface area is 93.0 Å². The lowest BCUT2D eigenvalue weighted by Gasteiger charge is -2.13. The summed E-state index contributed by atoms with van der Waals surface area (Å²) in [6, 6.07) is 3.05. The van der Waals surface area contributed by atoms with Gasteiger partial charge in [0.25, 0.3) is 0 Å². The van der Waals surface area contributed by atoms with Crippen LogP contribution in [-0.4, -0.2) is 11.7 Å². The highest BCUT2D eigenvalue weighted by Crippen LogP contribution is 2.33. The Bertz CT molecular complexity index is 354. The molecule has 0 radical (unpaired) electrons. The highest BCUT2D eigenvalue weighted by Gasteiger charge is 2.31. The molecule has 0 spiro atoms. The molecule has 0 aliphatic heterocycles. The van der Waals surface area contributed by atoms with Crippen molar-refractivity contribution < 1.29 is 18.3 Å². The second kappa shape index (κ2) is 4.51. The Morgan fingerprint density at radius 2 is 2.00 bits per heavy atom. The number of halogens is 4. The largest absolute Gasteiger partial charge is 0.416 e. The zero-order valence-electron chi connectivity index (χ0n) is 7.55. The van der Waals surface area contributed by atoms with Crippen molar-refractivity contribution in [2.75, 3.05) is 6.54 Å². The van der Waals surface area contributed by atoms with Gasteiger partial charge in [-0.05, 0) is 17.7 Å². The molecule has 0 aliphatic carbocycles. The highest BCUT2D eigenvalue weighted by atomic mass is 79.9. The molecule has 6 heteroatoms. The molecule has 2 nitrogen and oxygen atoms in total. The molecule has 1 rings (SSSR count). The molecule has 84 valence electrons. The number of aliphatic hydroxyl groups is 1. The summed E-state index contributed by atoms with van der Waals surface area (Å²) in [5, 5.41) is 9.37. The van der Waals surface area contributed by atoms with E-state index in [0.717, 1.165) is 12.1 Å². The molecule has 0 bridgehead atoms. The molecule has 1 atom stereocenters. The van der Waals surface area contributed by atoms with Gasteiger partial charge in [0.2, 0.25) is 0 Å². The number of alkyl halides is 3. The van der Waals surface area contributed by atoms with E-state index in [2.05, 4.69) is 15.9 Å². The minimum absolute atomic E-state index is 0.0377. The van der Waals surface area contributed by atoms with Gasteiger partial charge in [-0.3, -0.25) is 0 Å². The highest BCUT2D eigenvalue weighted by molar-refractivity contribution is 9.10. The first-order valence-electron chi connectivity index (χ1n) is 4.11. The van der Waals surface area contributed by atoms with Gasteiger partial charge in [0.15, 0.2) is 0 Å². The summed E-state index contributed by atoms with van der Waals surface area (Å²) in [5.41, 5.74) is 4.79. The van der Waals surface area contributed by atoms with Crippen molar-refractivity contribution in [3.8, 4) is 0 Å². The fourth-order valence-corrected chi connectivity index (χ4v) is 1.74. The summed E-state index contributed by atoms with van der Waals surface area (Å²) >= 11 is 2.97. The number of rotatable bonds is 2. The smallest absolute Gasteiger partial charge is 0.387 e. The maximum Gasteiger partial charge on any atom is 0.416 e. The van der Waals surface area contributed by atoms with Crippen molar-refractivity contribution in [1.82, 2.24) is 0 Å². The summed E-state index contributed by atoms with van der Waals surface area (Å²) in [5.74, 6) is 0. The molecule has 1 aromatic rings. The Kier molecular flexibility index (Phi) is 3.75. The Balaban J connectivity index is 3.09. The van der Waals surface area contributed by atoms with Gasteiger partial charge in [-0.15, -0.1) is 0 Å². The summed E-state index contributed by atoms with van der Waals surface area (Å²) in [4.78, 5) is 0.